The number of non-ortho nitro benzene ring substituents is 1. The van der Waals surface area contributed by atoms with Crippen molar-refractivity contribution in [2.24, 2.45) is 0 Å². The van der Waals surface area contributed by atoms with Gasteiger partial charge in [-0.1, -0.05) is 6.92 Å². The lowest BCUT2D eigenvalue weighted by Gasteiger charge is -2.25. The highest BCUT2D eigenvalue weighted by Gasteiger charge is 2.26. The second-order valence-corrected chi connectivity index (χ2v) is 3.47. The van der Waals surface area contributed by atoms with Crippen molar-refractivity contribution in [3.63, 3.8) is 0 Å². The Morgan fingerprint density at radius 1 is 1.62 bits per heavy atom. The number of rotatable bonds is 2. The number of halogens is 1. The minimum Gasteiger partial charge on any atom is -0.485 e. The van der Waals surface area contributed by atoms with Gasteiger partial charge in [-0.2, -0.15) is 0 Å². The lowest BCUT2D eigenvalue weighted by molar-refractivity contribution is -0.385. The molecular formula is C10H10FNO4. The minimum atomic E-state index is -0.762. The molecule has 0 aromatic heterocycles. The van der Waals surface area contributed by atoms with Crippen LogP contribution in [0.4, 0.5) is 10.1 Å². The molecule has 0 aliphatic carbocycles. The number of benzene rings is 1. The highest BCUT2D eigenvalue weighted by atomic mass is 19.1. The van der Waals surface area contributed by atoms with Crippen LogP contribution in [0.2, 0.25) is 0 Å². The highest BCUT2D eigenvalue weighted by Crippen LogP contribution is 2.38. The second kappa shape index (κ2) is 3.96. The smallest absolute Gasteiger partial charge is 0.276 e. The zero-order chi connectivity index (χ0) is 11.7. The molecular weight excluding hydrogens is 217 g/mol. The zero-order valence-corrected chi connectivity index (χ0v) is 8.60. The van der Waals surface area contributed by atoms with Crippen LogP contribution in [0.3, 0.4) is 0 Å². The molecule has 0 saturated heterocycles. The molecule has 0 N–H and O–H groups in total. The Morgan fingerprint density at radius 2 is 2.38 bits per heavy atom. The number of nitro benzene ring substituents is 1. The Bertz CT molecular complexity index is 435. The molecule has 1 atom stereocenters. The van der Waals surface area contributed by atoms with Crippen LogP contribution in [-0.2, 0) is 0 Å². The number of nitro groups is 1. The average molecular weight is 227 g/mol. The first-order valence-electron chi connectivity index (χ1n) is 4.89. The molecule has 0 saturated carbocycles. The number of nitrogens with zero attached hydrogens (tertiary/aromatic N) is 1. The average Bonchev–Trinajstić information content (AvgIpc) is 2.28. The van der Waals surface area contributed by atoms with Gasteiger partial charge in [-0.3, -0.25) is 10.1 Å². The maximum atomic E-state index is 13.5. The molecule has 1 aromatic rings. The van der Waals surface area contributed by atoms with E-state index >= 15 is 0 Å². The monoisotopic (exact) mass is 227 g/mol. The summed E-state index contributed by atoms with van der Waals surface area (Å²) in [6.45, 7) is 2.17. The van der Waals surface area contributed by atoms with Crippen LogP contribution >= 0.6 is 0 Å². The van der Waals surface area contributed by atoms with E-state index in [9.17, 15) is 14.5 Å². The Labute approximate surface area is 90.9 Å². The minimum absolute atomic E-state index is 0.0382. The van der Waals surface area contributed by atoms with E-state index in [2.05, 4.69) is 0 Å². The summed E-state index contributed by atoms with van der Waals surface area (Å²) in [4.78, 5) is 9.83. The third-order valence-electron chi connectivity index (χ3n) is 2.37. The first-order valence-corrected chi connectivity index (χ1v) is 4.89. The molecule has 1 aliphatic heterocycles. The second-order valence-electron chi connectivity index (χ2n) is 3.47. The standard InChI is InChI=1S/C10H10FNO4/c1-2-7-5-15-9-4-6(12(13)14)3-8(11)10(9)16-7/h3-4,7H,2,5H2,1H3/t7-/m0/s1. The summed E-state index contributed by atoms with van der Waals surface area (Å²) in [5.74, 6) is -0.706. The van der Waals surface area contributed by atoms with E-state index in [0.29, 0.717) is 6.42 Å². The molecule has 16 heavy (non-hydrogen) atoms. The SMILES string of the molecule is CC[C@H]1COc2cc([N+](=O)[O-])cc(F)c2O1. The summed E-state index contributed by atoms with van der Waals surface area (Å²) < 4.78 is 24.0. The van der Waals surface area contributed by atoms with Gasteiger partial charge < -0.3 is 9.47 Å². The molecule has 0 spiro atoms. The van der Waals surface area contributed by atoms with Crippen molar-refractivity contribution < 1.29 is 18.8 Å². The topological polar surface area (TPSA) is 61.6 Å². The zero-order valence-electron chi connectivity index (χ0n) is 8.60. The van der Waals surface area contributed by atoms with Gasteiger partial charge in [0.15, 0.2) is 17.3 Å². The van der Waals surface area contributed by atoms with Crippen molar-refractivity contribution in [1.82, 2.24) is 0 Å². The fourth-order valence-corrected chi connectivity index (χ4v) is 1.47. The molecule has 0 bridgehead atoms. The van der Waals surface area contributed by atoms with Crippen LogP contribution in [-0.4, -0.2) is 17.6 Å². The van der Waals surface area contributed by atoms with Crippen LogP contribution in [0.15, 0.2) is 12.1 Å². The number of hydrogen-bond acceptors (Lipinski definition) is 4. The highest BCUT2D eigenvalue weighted by molar-refractivity contribution is 5.50. The number of fused-ring (bicyclic) bond motifs is 1. The Kier molecular flexibility index (Phi) is 2.64. The van der Waals surface area contributed by atoms with E-state index in [1.165, 1.54) is 6.07 Å². The van der Waals surface area contributed by atoms with Gasteiger partial charge in [0.25, 0.3) is 5.69 Å². The van der Waals surface area contributed by atoms with Crippen molar-refractivity contribution in [3.05, 3.63) is 28.1 Å². The first-order chi connectivity index (χ1) is 7.61. The number of ether oxygens (including phenoxy) is 2. The van der Waals surface area contributed by atoms with Crippen molar-refractivity contribution >= 4 is 5.69 Å². The van der Waals surface area contributed by atoms with Crippen molar-refractivity contribution in [2.45, 2.75) is 19.4 Å². The summed E-state index contributed by atoms with van der Waals surface area (Å²) in [5.41, 5.74) is -0.338. The third-order valence-corrected chi connectivity index (χ3v) is 2.37. The van der Waals surface area contributed by atoms with Crippen molar-refractivity contribution in [2.75, 3.05) is 6.61 Å². The van der Waals surface area contributed by atoms with Crippen LogP contribution in [0, 0.1) is 15.9 Å². The van der Waals surface area contributed by atoms with E-state index < -0.39 is 10.7 Å². The molecule has 1 heterocycles. The predicted molar refractivity (Wildman–Crippen MR) is 53.3 cm³/mol. The van der Waals surface area contributed by atoms with E-state index in [-0.39, 0.29) is 29.9 Å². The van der Waals surface area contributed by atoms with Gasteiger partial charge in [0, 0.05) is 0 Å². The molecule has 1 aliphatic rings. The van der Waals surface area contributed by atoms with Gasteiger partial charge in [-0.15, -0.1) is 0 Å². The Balaban J connectivity index is 2.40. The fourth-order valence-electron chi connectivity index (χ4n) is 1.47. The summed E-state index contributed by atoms with van der Waals surface area (Å²) in [5, 5.41) is 10.5. The summed E-state index contributed by atoms with van der Waals surface area (Å²) in [6, 6.07) is 2.00. The molecule has 0 amide bonds. The third kappa shape index (κ3) is 1.78. The van der Waals surface area contributed by atoms with Gasteiger partial charge in [0.1, 0.15) is 12.7 Å². The molecule has 1 aromatic carbocycles. The van der Waals surface area contributed by atoms with E-state index in [1.54, 1.807) is 0 Å². The lowest BCUT2D eigenvalue weighted by atomic mass is 10.2. The molecule has 6 heteroatoms. The largest absolute Gasteiger partial charge is 0.485 e. The first kappa shape index (κ1) is 10.7. The Hall–Kier alpha value is -1.85. The van der Waals surface area contributed by atoms with Crippen LogP contribution < -0.4 is 9.47 Å². The van der Waals surface area contributed by atoms with Gasteiger partial charge in [0.2, 0.25) is 0 Å². The lowest BCUT2D eigenvalue weighted by Crippen LogP contribution is -2.28. The maximum absolute atomic E-state index is 13.5. The van der Waals surface area contributed by atoms with Crippen molar-refractivity contribution in [1.29, 1.82) is 0 Å². The summed E-state index contributed by atoms with van der Waals surface area (Å²) in [7, 11) is 0. The Morgan fingerprint density at radius 3 is 3.00 bits per heavy atom. The molecule has 2 rings (SSSR count). The van der Waals surface area contributed by atoms with Crippen LogP contribution in [0.25, 0.3) is 0 Å². The predicted octanol–water partition coefficient (Wildman–Crippen LogP) is 2.28. The van der Waals surface area contributed by atoms with Gasteiger partial charge in [-0.25, -0.2) is 4.39 Å². The molecule has 0 radical (unpaired) electrons. The van der Waals surface area contributed by atoms with E-state index in [4.69, 9.17) is 9.47 Å². The van der Waals surface area contributed by atoms with Crippen LogP contribution in [0.1, 0.15) is 13.3 Å². The maximum Gasteiger partial charge on any atom is 0.276 e. The molecule has 5 nitrogen and oxygen atoms in total. The van der Waals surface area contributed by atoms with Gasteiger partial charge >= 0.3 is 0 Å². The molecule has 0 fully saturated rings. The summed E-state index contributed by atoms with van der Waals surface area (Å²) in [6.07, 6.45) is 0.485. The fraction of sp³-hybridized carbons (Fsp3) is 0.400. The van der Waals surface area contributed by atoms with Gasteiger partial charge in [-0.05, 0) is 6.42 Å². The van der Waals surface area contributed by atoms with E-state index in [1.807, 2.05) is 6.92 Å². The van der Waals surface area contributed by atoms with Gasteiger partial charge in [0.05, 0.1) is 17.1 Å². The normalized spacial score (nSPS) is 18.2. The van der Waals surface area contributed by atoms with Crippen molar-refractivity contribution in [3.8, 4) is 11.5 Å². The number of hydrogen-bond donors (Lipinski definition) is 0. The molecule has 0 unspecified atom stereocenters. The van der Waals surface area contributed by atoms with Crippen LogP contribution in [0.5, 0.6) is 11.5 Å². The summed E-state index contributed by atoms with van der Waals surface area (Å²) >= 11 is 0. The quantitative estimate of drug-likeness (QED) is 0.574. The molecule has 86 valence electrons. The van der Waals surface area contributed by atoms with E-state index in [0.717, 1.165) is 6.07 Å².